The Balaban J connectivity index is 1.71. The number of nitrogens with two attached hydrogens (primary N) is 1. The molecule has 0 aromatic heterocycles. The van der Waals surface area contributed by atoms with E-state index in [1.54, 1.807) is 30.3 Å². The molecule has 0 radical (unpaired) electrons. The van der Waals surface area contributed by atoms with Crippen LogP contribution in [0.25, 0.3) is 6.08 Å². The van der Waals surface area contributed by atoms with Crippen LogP contribution in [0.5, 0.6) is 0 Å². The number of hydrogen-bond acceptors (Lipinski definition) is 5. The van der Waals surface area contributed by atoms with Gasteiger partial charge in [-0.05, 0) is 35.5 Å². The molecule has 136 valence electrons. The van der Waals surface area contributed by atoms with E-state index < -0.39 is 29.5 Å². The minimum atomic E-state index is -0.692. The van der Waals surface area contributed by atoms with E-state index in [0.29, 0.717) is 0 Å². The third kappa shape index (κ3) is 4.24. The number of rotatable bonds is 5. The Morgan fingerprint density at radius 3 is 2.41 bits per heavy atom. The third-order valence-electron chi connectivity index (χ3n) is 3.74. The molecule has 4 amide bonds. The second kappa shape index (κ2) is 7.88. The van der Waals surface area contributed by atoms with Crippen molar-refractivity contribution in [2.45, 2.75) is 0 Å². The molecule has 7 nitrogen and oxygen atoms in total. The number of anilines is 1. The van der Waals surface area contributed by atoms with E-state index in [4.69, 9.17) is 5.73 Å². The Bertz CT molecular complexity index is 956. The first-order valence-corrected chi connectivity index (χ1v) is 8.76. The van der Waals surface area contributed by atoms with E-state index in [1.807, 2.05) is 18.2 Å². The highest BCUT2D eigenvalue weighted by Gasteiger charge is 2.36. The van der Waals surface area contributed by atoms with Gasteiger partial charge in [0.1, 0.15) is 6.54 Å². The van der Waals surface area contributed by atoms with Gasteiger partial charge in [0.15, 0.2) is 0 Å². The number of nitrogens with zero attached hydrogens (tertiary/aromatic N) is 1. The maximum atomic E-state index is 12.4. The van der Waals surface area contributed by atoms with Gasteiger partial charge in [0.2, 0.25) is 5.91 Å². The zero-order valence-electron chi connectivity index (χ0n) is 14.0. The number of primary amides is 1. The average molecular weight is 381 g/mol. The number of carbonyl (C=O) groups is 4. The molecule has 0 atom stereocenters. The van der Waals surface area contributed by atoms with Crippen LogP contribution in [0.15, 0.2) is 59.5 Å². The fourth-order valence-corrected chi connectivity index (χ4v) is 3.32. The molecule has 2 aromatic rings. The summed E-state index contributed by atoms with van der Waals surface area (Å²) in [6.07, 6.45) is 1.60. The van der Waals surface area contributed by atoms with Crippen LogP contribution < -0.4 is 11.1 Å². The second-order valence-corrected chi connectivity index (χ2v) is 6.63. The summed E-state index contributed by atoms with van der Waals surface area (Å²) in [4.78, 5) is 49.3. The van der Waals surface area contributed by atoms with Crippen LogP contribution in [0.1, 0.15) is 15.9 Å². The number of thioether (sulfide) groups is 1. The van der Waals surface area contributed by atoms with E-state index in [0.717, 1.165) is 22.2 Å². The lowest BCUT2D eigenvalue weighted by molar-refractivity contribution is -0.127. The molecule has 8 heteroatoms. The zero-order chi connectivity index (χ0) is 19.4. The van der Waals surface area contributed by atoms with E-state index in [2.05, 4.69) is 5.32 Å². The molecule has 3 N–H and O–H groups in total. The first kappa shape index (κ1) is 18.4. The smallest absolute Gasteiger partial charge is 0.294 e. The summed E-state index contributed by atoms with van der Waals surface area (Å²) >= 11 is 0.777. The van der Waals surface area contributed by atoms with Gasteiger partial charge in [-0.25, -0.2) is 0 Å². The average Bonchev–Trinajstić information content (AvgIpc) is 2.90. The Morgan fingerprint density at radius 2 is 1.70 bits per heavy atom. The molecular weight excluding hydrogens is 366 g/mol. The largest absolute Gasteiger partial charge is 0.366 e. The van der Waals surface area contributed by atoms with Gasteiger partial charge in [0.25, 0.3) is 17.1 Å². The van der Waals surface area contributed by atoms with Crippen LogP contribution in [0, 0.1) is 0 Å². The Labute approximate surface area is 159 Å². The summed E-state index contributed by atoms with van der Waals surface area (Å²) in [6, 6.07) is 15.3. The molecule has 1 fully saturated rings. The second-order valence-electron chi connectivity index (χ2n) is 5.64. The molecule has 0 spiro atoms. The fourth-order valence-electron chi connectivity index (χ4n) is 2.48. The van der Waals surface area contributed by atoms with E-state index in [-0.39, 0.29) is 16.2 Å². The van der Waals surface area contributed by atoms with Gasteiger partial charge in [0, 0.05) is 0 Å². The van der Waals surface area contributed by atoms with E-state index in [1.165, 1.54) is 12.1 Å². The topological polar surface area (TPSA) is 110 Å². The predicted octanol–water partition coefficient (Wildman–Crippen LogP) is 2.46. The van der Waals surface area contributed by atoms with Crippen LogP contribution in [-0.2, 0) is 9.59 Å². The van der Waals surface area contributed by atoms with Crippen LogP contribution in [-0.4, -0.2) is 34.4 Å². The number of amides is 4. The highest BCUT2D eigenvalue weighted by molar-refractivity contribution is 8.18. The first-order valence-electron chi connectivity index (χ1n) is 7.95. The van der Waals surface area contributed by atoms with Gasteiger partial charge >= 0.3 is 0 Å². The van der Waals surface area contributed by atoms with Crippen molar-refractivity contribution in [2.75, 3.05) is 11.9 Å². The van der Waals surface area contributed by atoms with Crippen molar-refractivity contribution in [3.8, 4) is 0 Å². The first-order chi connectivity index (χ1) is 13.0. The lowest BCUT2D eigenvalue weighted by Crippen LogP contribution is -2.36. The summed E-state index contributed by atoms with van der Waals surface area (Å²) in [7, 11) is 0. The molecule has 1 heterocycles. The Hall–Kier alpha value is -3.39. The van der Waals surface area contributed by atoms with Crippen LogP contribution in [0.2, 0.25) is 0 Å². The number of benzene rings is 2. The molecule has 0 saturated carbocycles. The van der Waals surface area contributed by atoms with Crippen molar-refractivity contribution in [1.29, 1.82) is 0 Å². The van der Waals surface area contributed by atoms with Gasteiger partial charge in [-0.2, -0.15) is 0 Å². The lowest BCUT2D eigenvalue weighted by Gasteiger charge is -2.13. The number of nitrogens with one attached hydrogen (secondary N) is 1. The van der Waals surface area contributed by atoms with Crippen LogP contribution in [0.3, 0.4) is 0 Å². The summed E-state index contributed by atoms with van der Waals surface area (Å²) in [5, 5.41) is 1.98. The zero-order valence-corrected chi connectivity index (χ0v) is 14.9. The van der Waals surface area contributed by atoms with Gasteiger partial charge in [-0.3, -0.25) is 24.1 Å². The molecule has 27 heavy (non-hydrogen) atoms. The van der Waals surface area contributed by atoms with Crippen molar-refractivity contribution >= 4 is 46.5 Å². The van der Waals surface area contributed by atoms with Crippen LogP contribution in [0.4, 0.5) is 10.5 Å². The SMILES string of the molecule is NC(=O)c1ccccc1NC(=O)CN1C(=O)S/C(=C/c2ccccc2)C1=O. The van der Waals surface area contributed by atoms with Gasteiger partial charge < -0.3 is 11.1 Å². The predicted molar refractivity (Wildman–Crippen MR) is 103 cm³/mol. The lowest BCUT2D eigenvalue weighted by atomic mass is 10.1. The summed E-state index contributed by atoms with van der Waals surface area (Å²) in [5.41, 5.74) is 6.42. The molecule has 0 unspecified atom stereocenters. The normalized spacial score (nSPS) is 15.3. The molecule has 2 aromatic carbocycles. The molecule has 1 aliphatic rings. The minimum Gasteiger partial charge on any atom is -0.366 e. The number of para-hydroxylation sites is 1. The molecule has 1 aliphatic heterocycles. The fraction of sp³-hybridized carbons (Fsp3) is 0.0526. The van der Waals surface area contributed by atoms with E-state index >= 15 is 0 Å². The van der Waals surface area contributed by atoms with Gasteiger partial charge in [-0.1, -0.05) is 42.5 Å². The van der Waals surface area contributed by atoms with Crippen molar-refractivity contribution in [2.24, 2.45) is 5.73 Å². The summed E-state index contributed by atoms with van der Waals surface area (Å²) in [5.74, 6) is -1.83. The highest BCUT2D eigenvalue weighted by atomic mass is 32.2. The molecule has 3 rings (SSSR count). The Morgan fingerprint density at radius 1 is 1.04 bits per heavy atom. The maximum Gasteiger partial charge on any atom is 0.294 e. The number of carbonyl (C=O) groups excluding carboxylic acids is 4. The van der Waals surface area contributed by atoms with Crippen molar-refractivity contribution in [3.05, 3.63) is 70.6 Å². The third-order valence-corrected chi connectivity index (χ3v) is 4.65. The number of hydrogen-bond donors (Lipinski definition) is 2. The minimum absolute atomic E-state index is 0.143. The van der Waals surface area contributed by atoms with Gasteiger partial charge in [0.05, 0.1) is 16.2 Å². The highest BCUT2D eigenvalue weighted by Crippen LogP contribution is 2.32. The van der Waals surface area contributed by atoms with Crippen LogP contribution >= 0.6 is 11.8 Å². The van der Waals surface area contributed by atoms with Crippen molar-refractivity contribution in [1.82, 2.24) is 4.90 Å². The molecular formula is C19H15N3O4S. The molecule has 0 aliphatic carbocycles. The van der Waals surface area contributed by atoms with Crippen molar-refractivity contribution in [3.63, 3.8) is 0 Å². The quantitative estimate of drug-likeness (QED) is 0.773. The molecule has 1 saturated heterocycles. The molecule has 0 bridgehead atoms. The van der Waals surface area contributed by atoms with E-state index in [9.17, 15) is 19.2 Å². The maximum absolute atomic E-state index is 12.4. The standard InChI is InChI=1S/C19H15N3O4S/c20-17(24)13-8-4-5-9-14(13)21-16(23)11-22-18(25)15(27-19(22)26)10-12-6-2-1-3-7-12/h1-10H,11H2,(H2,20,24)(H,21,23)/b15-10+. The summed E-state index contributed by atoms with van der Waals surface area (Å²) < 4.78 is 0. The Kier molecular flexibility index (Phi) is 5.37. The monoisotopic (exact) mass is 381 g/mol. The summed E-state index contributed by atoms with van der Waals surface area (Å²) in [6.45, 7) is -0.454. The number of imide groups is 1. The van der Waals surface area contributed by atoms with Gasteiger partial charge in [-0.15, -0.1) is 0 Å². The van der Waals surface area contributed by atoms with Crippen molar-refractivity contribution < 1.29 is 19.2 Å².